The third-order valence-corrected chi connectivity index (χ3v) is 11.5. The number of phosphoric acid groups is 1. The molecule has 0 radical (unpaired) electrons. The van der Waals surface area contributed by atoms with Crippen molar-refractivity contribution in [2.45, 2.75) is 231 Å². The van der Waals surface area contributed by atoms with Crippen LogP contribution in [-0.2, 0) is 23.2 Å². The van der Waals surface area contributed by atoms with Gasteiger partial charge in [-0.15, -0.1) is 0 Å². The molecule has 0 aromatic heterocycles. The number of carbonyl (C=O) groups excluding carboxylic acids is 2. The molecule has 0 aliphatic carbocycles. The molecule has 0 fully saturated rings. The summed E-state index contributed by atoms with van der Waals surface area (Å²) in [7, 11) is 0.507. The van der Waals surface area contributed by atoms with E-state index in [1.807, 2.05) is 21.1 Å². The van der Waals surface area contributed by atoms with Crippen LogP contribution in [0.5, 0.6) is 0 Å². The van der Waals surface area contributed by atoms with E-state index >= 15 is 0 Å². The number of aliphatic hydroxyl groups is 2. The number of unbranched alkanes of at least 4 members (excludes halogenated alkanes) is 28. The molecule has 0 aromatic carbocycles. The predicted molar refractivity (Wildman–Crippen MR) is 225 cm³/mol. The Hall–Kier alpha value is -0.670. The lowest BCUT2D eigenvalue weighted by molar-refractivity contribution is -0.874. The van der Waals surface area contributed by atoms with Crippen LogP contribution in [0.15, 0.2) is 0 Å². The number of carbonyl (C=O) groups is 2. The molecule has 0 spiro atoms. The molecule has 1 unspecified atom stereocenters. The lowest BCUT2D eigenvalue weighted by Gasteiger charge is -2.37. The summed E-state index contributed by atoms with van der Waals surface area (Å²) in [4.78, 5) is 38.7. The third kappa shape index (κ3) is 30.5. The number of hydrogen-bond donors (Lipinski definition) is 3. The summed E-state index contributed by atoms with van der Waals surface area (Å²) < 4.78 is 24.0. The van der Waals surface area contributed by atoms with Crippen LogP contribution in [0.25, 0.3) is 0 Å². The van der Waals surface area contributed by atoms with Crippen LogP contribution in [0.3, 0.4) is 0 Å². The van der Waals surface area contributed by atoms with E-state index in [1.165, 1.54) is 141 Å². The van der Waals surface area contributed by atoms with Crippen molar-refractivity contribution in [3.05, 3.63) is 0 Å². The van der Waals surface area contributed by atoms with Gasteiger partial charge in [0.1, 0.15) is 12.6 Å². The monoisotopic (exact) mass is 791 g/mol. The number of ketones is 2. The summed E-state index contributed by atoms with van der Waals surface area (Å²) in [6.07, 6.45) is 34.7. The largest absolute Gasteiger partial charge is 0.473 e. The smallest absolute Gasteiger partial charge is 0.394 e. The maximum absolute atomic E-state index is 14.0. The van der Waals surface area contributed by atoms with Gasteiger partial charge in [-0.1, -0.05) is 194 Å². The van der Waals surface area contributed by atoms with Crippen LogP contribution in [0.1, 0.15) is 219 Å². The molecule has 0 amide bonds. The maximum Gasteiger partial charge on any atom is 0.473 e. The number of quaternary nitrogens is 1. The van der Waals surface area contributed by atoms with Gasteiger partial charge in [0.15, 0.2) is 11.6 Å². The average Bonchev–Trinajstić information content (AvgIpc) is 3.12. The van der Waals surface area contributed by atoms with Gasteiger partial charge in [0.2, 0.25) is 5.60 Å². The topological polar surface area (TPSA) is 130 Å². The second kappa shape index (κ2) is 34.4. The van der Waals surface area contributed by atoms with Gasteiger partial charge in [-0.25, -0.2) is 4.57 Å². The summed E-state index contributed by atoms with van der Waals surface area (Å²) in [6, 6.07) is 0. The molecule has 0 aromatic rings. The minimum Gasteiger partial charge on any atom is -0.394 e. The third-order valence-electron chi connectivity index (χ3n) is 10.5. The molecule has 0 bridgehead atoms. The first-order valence-electron chi connectivity index (χ1n) is 22.7. The quantitative estimate of drug-likeness (QED) is 0.0241. The molecule has 0 saturated carbocycles. The van der Waals surface area contributed by atoms with Crippen molar-refractivity contribution in [2.24, 2.45) is 0 Å². The van der Waals surface area contributed by atoms with Crippen molar-refractivity contribution >= 4 is 19.4 Å². The molecular weight excluding hydrogens is 701 g/mol. The fraction of sp³-hybridized carbons (Fsp3) is 0.955. The van der Waals surface area contributed by atoms with E-state index in [1.54, 1.807) is 0 Å². The fourth-order valence-electron chi connectivity index (χ4n) is 7.30. The van der Waals surface area contributed by atoms with E-state index in [4.69, 9.17) is 14.2 Å². The first-order chi connectivity index (χ1) is 25.8. The zero-order valence-corrected chi connectivity index (χ0v) is 37.0. The van der Waals surface area contributed by atoms with Crippen molar-refractivity contribution in [1.82, 2.24) is 0 Å². The van der Waals surface area contributed by atoms with Crippen molar-refractivity contribution in [1.29, 1.82) is 0 Å². The Balaban J connectivity index is 4.96. The number of rotatable bonds is 42. The Kier molecular flexibility index (Phi) is 34.0. The Bertz CT molecular complexity index is 894. The molecule has 10 heteroatoms. The Morgan fingerprint density at radius 3 is 1.09 bits per heavy atom. The number of phosphoric ester groups is 1. The van der Waals surface area contributed by atoms with E-state index in [0.717, 1.165) is 38.5 Å². The van der Waals surface area contributed by atoms with Crippen LogP contribution in [0, 0.1) is 0 Å². The van der Waals surface area contributed by atoms with Gasteiger partial charge < -0.3 is 19.6 Å². The van der Waals surface area contributed by atoms with Crippen LogP contribution in [0.4, 0.5) is 0 Å². The van der Waals surface area contributed by atoms with Crippen LogP contribution < -0.4 is 0 Å². The zero-order chi connectivity index (χ0) is 40.4. The van der Waals surface area contributed by atoms with E-state index in [-0.39, 0.29) is 23.9 Å². The highest BCUT2D eigenvalue weighted by molar-refractivity contribution is 7.47. The van der Waals surface area contributed by atoms with Crippen LogP contribution in [0.2, 0.25) is 0 Å². The van der Waals surface area contributed by atoms with Gasteiger partial charge in [-0.2, -0.15) is 0 Å². The Labute approximate surface area is 333 Å². The summed E-state index contributed by atoms with van der Waals surface area (Å²) in [5.41, 5.74) is -2.14. The van der Waals surface area contributed by atoms with E-state index in [0.29, 0.717) is 12.8 Å². The maximum atomic E-state index is 14.0. The molecule has 3 N–H and O–H groups in total. The van der Waals surface area contributed by atoms with Crippen molar-refractivity contribution in [3.8, 4) is 0 Å². The highest BCUT2D eigenvalue weighted by Gasteiger charge is 2.54. The molecule has 9 nitrogen and oxygen atoms in total. The number of aliphatic hydroxyl groups excluding tert-OH is 2. The molecular formula is C44H89NO8P+. The highest BCUT2D eigenvalue weighted by atomic mass is 31.2. The van der Waals surface area contributed by atoms with E-state index in [9.17, 15) is 24.2 Å². The lowest BCUT2D eigenvalue weighted by atomic mass is 9.86. The summed E-state index contributed by atoms with van der Waals surface area (Å²) >= 11 is 0. The summed E-state index contributed by atoms with van der Waals surface area (Å²) in [6.45, 7) is 3.07. The number of hydrogen-bond acceptors (Lipinski definition) is 7. The molecule has 2 atom stereocenters. The second-order valence-corrected chi connectivity index (χ2v) is 18.6. The minimum atomic E-state index is -4.95. The molecule has 0 rings (SSSR count). The first kappa shape index (κ1) is 53.3. The minimum absolute atomic E-state index is 0.0715. The van der Waals surface area contributed by atoms with Crippen LogP contribution in [-0.4, -0.2) is 83.8 Å². The Morgan fingerprint density at radius 1 is 0.556 bits per heavy atom. The fourth-order valence-corrected chi connectivity index (χ4v) is 8.37. The van der Waals surface area contributed by atoms with Crippen molar-refractivity contribution < 1.29 is 42.8 Å². The van der Waals surface area contributed by atoms with E-state index < -0.39 is 44.3 Å². The van der Waals surface area contributed by atoms with Crippen molar-refractivity contribution in [3.63, 3.8) is 0 Å². The van der Waals surface area contributed by atoms with E-state index in [2.05, 4.69) is 13.8 Å². The van der Waals surface area contributed by atoms with Crippen LogP contribution >= 0.6 is 7.82 Å². The normalized spacial score (nSPS) is 14.0. The molecule has 0 aliphatic rings. The first-order valence-corrected chi connectivity index (χ1v) is 24.2. The number of Topliss-reactive ketones (excluding diaryl/α,β-unsaturated/α-hetero) is 2. The standard InChI is InChI=1S/C44H88NO8P/c1-6-8-10-12-14-16-18-20-22-24-26-28-30-32-34-36-42(48)44(40-45(3,4)5,53-54(50,51)52-39-41(47)38-46)43(49)37-35-33-31-29-27-25-23-21-19-17-15-13-11-9-7-2/h41,46-47H,6-40H2,1-5H3/p+1/t41-/m1/s1. The van der Waals surface area contributed by atoms with Gasteiger partial charge in [-0.3, -0.25) is 18.6 Å². The predicted octanol–water partition coefficient (Wildman–Crippen LogP) is 11.6. The Morgan fingerprint density at radius 2 is 0.833 bits per heavy atom. The molecule has 54 heavy (non-hydrogen) atoms. The van der Waals surface area contributed by atoms with Gasteiger partial charge in [-0.05, 0) is 12.8 Å². The molecule has 0 saturated heterocycles. The van der Waals surface area contributed by atoms with Gasteiger partial charge >= 0.3 is 7.82 Å². The number of nitrogens with zero attached hydrogens (tertiary/aromatic N) is 1. The highest BCUT2D eigenvalue weighted by Crippen LogP contribution is 2.49. The SMILES string of the molecule is CCCCCCCCCCCCCCCCCC(=O)C(C[N+](C)(C)C)(OP(=O)(O)OC[C@H](O)CO)C(=O)CCCCCCCCCCCCCCCCC. The average molecular weight is 791 g/mol. The van der Waals surface area contributed by atoms with Gasteiger partial charge in [0, 0.05) is 12.8 Å². The van der Waals surface area contributed by atoms with Gasteiger partial charge in [0.25, 0.3) is 0 Å². The summed E-state index contributed by atoms with van der Waals surface area (Å²) in [5, 5.41) is 18.9. The van der Waals surface area contributed by atoms with Crippen molar-refractivity contribution in [2.75, 3.05) is 40.9 Å². The number of likely N-dealkylation sites (N-methyl/N-ethyl adjacent to an activating group) is 1. The molecule has 322 valence electrons. The molecule has 0 heterocycles. The summed E-state index contributed by atoms with van der Waals surface area (Å²) in [5.74, 6) is -0.978. The molecule has 0 aliphatic heterocycles. The van der Waals surface area contributed by atoms with Gasteiger partial charge in [0.05, 0.1) is 34.4 Å². The zero-order valence-electron chi connectivity index (χ0n) is 36.1. The second-order valence-electron chi connectivity index (χ2n) is 17.2. The lowest BCUT2D eigenvalue weighted by Crippen LogP contribution is -2.59.